The van der Waals surface area contributed by atoms with Crippen LogP contribution in [0.1, 0.15) is 51.0 Å². The van der Waals surface area contributed by atoms with E-state index in [-0.39, 0.29) is 11.4 Å². The van der Waals surface area contributed by atoms with Crippen LogP contribution in [-0.4, -0.2) is 48.7 Å². The molecule has 3 rings (SSSR count). The Bertz CT molecular complexity index is 1350. The summed E-state index contributed by atoms with van der Waals surface area (Å²) in [6.07, 6.45) is 3.08. The van der Waals surface area contributed by atoms with Crippen molar-refractivity contribution in [3.05, 3.63) is 50.3 Å². The monoisotopic (exact) mass is 558 g/mol. The van der Waals surface area contributed by atoms with Gasteiger partial charge < -0.3 is 9.47 Å². The zero-order valence-corrected chi connectivity index (χ0v) is 24.3. The Balaban J connectivity index is 2.04. The molecule has 7 nitrogen and oxygen atoms in total. The molecular weight excluding hydrogens is 523 g/mol. The van der Waals surface area contributed by atoms with Crippen molar-refractivity contribution < 1.29 is 26.5 Å². The Kier molecular flexibility index (Phi) is 8.72. The summed E-state index contributed by atoms with van der Waals surface area (Å²) in [5.74, 6) is 0.360. The molecule has 0 saturated carbocycles. The second kappa shape index (κ2) is 10.9. The zero-order chi connectivity index (χ0) is 26.9. The van der Waals surface area contributed by atoms with Crippen LogP contribution in [0.3, 0.4) is 0 Å². The quantitative estimate of drug-likeness (QED) is 0.485. The molecule has 1 aromatic carbocycles. The number of hydrogen-bond acceptors (Lipinski definition) is 6. The van der Waals surface area contributed by atoms with Crippen LogP contribution in [0.4, 0.5) is 4.39 Å². The van der Waals surface area contributed by atoms with E-state index in [1.165, 1.54) is 11.4 Å². The summed E-state index contributed by atoms with van der Waals surface area (Å²) in [6.45, 7) is 7.06. The summed E-state index contributed by atoms with van der Waals surface area (Å²) in [5.41, 5.74) is -0.675. The van der Waals surface area contributed by atoms with Gasteiger partial charge in [0.1, 0.15) is 17.3 Å². The third-order valence-corrected chi connectivity index (χ3v) is 11.2. The molecule has 0 aliphatic heterocycles. The molecule has 0 saturated heterocycles. The normalized spacial score (nSPS) is 16.8. The number of fused-ring (bicyclic) bond motifs is 1. The molecule has 0 fully saturated rings. The summed E-state index contributed by atoms with van der Waals surface area (Å²) in [4.78, 5) is 0.194. The van der Waals surface area contributed by atoms with Gasteiger partial charge in [-0.15, -0.1) is 11.3 Å². The van der Waals surface area contributed by atoms with Crippen molar-refractivity contribution >= 4 is 44.2 Å². The minimum Gasteiger partial charge on any atom is -0.500 e. The first-order chi connectivity index (χ1) is 16.7. The van der Waals surface area contributed by atoms with E-state index in [0.29, 0.717) is 34.1 Å². The lowest BCUT2D eigenvalue weighted by molar-refractivity contribution is 0.349. The van der Waals surface area contributed by atoms with Gasteiger partial charge in [-0.1, -0.05) is 18.2 Å². The third kappa shape index (κ3) is 6.19. The Morgan fingerprint density at radius 1 is 1.14 bits per heavy atom. The number of halogens is 1. The van der Waals surface area contributed by atoms with Crippen LogP contribution < -0.4 is 19.2 Å². The number of ether oxygens (including phenoxy) is 2. The number of nitrogens with one attached hydrogen (secondary N) is 1. The average molecular weight is 559 g/mol. The predicted octanol–water partition coefficient (Wildman–Crippen LogP) is 2.95. The molecule has 0 radical (unpaired) electrons. The highest BCUT2D eigenvalue weighted by molar-refractivity contribution is 7.89. The van der Waals surface area contributed by atoms with E-state index in [0.717, 1.165) is 16.9 Å². The van der Waals surface area contributed by atoms with E-state index < -0.39 is 42.9 Å². The van der Waals surface area contributed by atoms with Gasteiger partial charge in [0, 0.05) is 25.2 Å². The van der Waals surface area contributed by atoms with Crippen molar-refractivity contribution in [1.29, 1.82) is 0 Å². The Morgan fingerprint density at radius 2 is 1.78 bits per heavy atom. The smallest absolute Gasteiger partial charge is 0.216 e. The Morgan fingerprint density at radius 3 is 2.33 bits per heavy atom. The molecule has 0 spiro atoms. The maximum absolute atomic E-state index is 15.8. The summed E-state index contributed by atoms with van der Waals surface area (Å²) in [5, 5.41) is 0.414. The third-order valence-electron chi connectivity index (χ3n) is 5.99. The van der Waals surface area contributed by atoms with E-state index in [2.05, 4.69) is 4.72 Å². The first kappa shape index (κ1) is 28.8. The van der Waals surface area contributed by atoms with Crippen molar-refractivity contribution in [3.63, 3.8) is 0 Å². The first-order valence-electron chi connectivity index (χ1n) is 11.5. The summed E-state index contributed by atoms with van der Waals surface area (Å²) < 4.78 is 70.9. The molecule has 0 amide bonds. The average Bonchev–Trinajstić information content (AvgIpc) is 3.16. The summed E-state index contributed by atoms with van der Waals surface area (Å²) in [6, 6.07) is 7.11. The minimum atomic E-state index is -3.91. The second-order valence-electron chi connectivity index (χ2n) is 10.0. The van der Waals surface area contributed by atoms with Gasteiger partial charge in [0.25, 0.3) is 0 Å². The van der Waals surface area contributed by atoms with Gasteiger partial charge >= 0.3 is 0 Å². The molecule has 2 unspecified atom stereocenters. The van der Waals surface area contributed by atoms with Crippen molar-refractivity contribution in [2.24, 2.45) is 0 Å². The summed E-state index contributed by atoms with van der Waals surface area (Å²) >= 11 is 1.15. The van der Waals surface area contributed by atoms with E-state index >= 15 is 4.39 Å². The van der Waals surface area contributed by atoms with E-state index in [1.807, 2.05) is 0 Å². The van der Waals surface area contributed by atoms with Crippen LogP contribution >= 0.6 is 11.3 Å². The fraction of sp³-hybridized carbons (Fsp3) is 0.520. The van der Waals surface area contributed by atoms with Crippen LogP contribution in [-0.2, 0) is 37.8 Å². The maximum atomic E-state index is 15.8. The molecule has 1 aliphatic rings. The molecule has 1 heterocycles. The van der Waals surface area contributed by atoms with Crippen molar-refractivity contribution in [2.75, 3.05) is 27.0 Å². The minimum absolute atomic E-state index is 0.129. The van der Waals surface area contributed by atoms with Crippen molar-refractivity contribution in [3.8, 4) is 5.75 Å². The fourth-order valence-corrected chi connectivity index (χ4v) is 7.87. The number of benzene rings is 1. The predicted molar refractivity (Wildman–Crippen MR) is 144 cm³/mol. The molecule has 11 heteroatoms. The molecule has 1 aromatic heterocycles. The second-order valence-corrected chi connectivity index (χ2v) is 15.1. The van der Waals surface area contributed by atoms with E-state index in [9.17, 15) is 12.6 Å². The molecule has 1 N–H and O–H groups in total. The lowest BCUT2D eigenvalue weighted by Gasteiger charge is -2.33. The highest BCUT2D eigenvalue weighted by Gasteiger charge is 2.41. The lowest BCUT2D eigenvalue weighted by atomic mass is 10.0. The highest BCUT2D eigenvalue weighted by atomic mass is 32.2. The van der Waals surface area contributed by atoms with Crippen LogP contribution in [0.25, 0.3) is 11.8 Å². The largest absolute Gasteiger partial charge is 0.500 e. The number of nitrogens with zero attached hydrogens (tertiary/aromatic N) is 1. The van der Waals surface area contributed by atoms with E-state index in [1.54, 1.807) is 72.3 Å². The SMILES string of the molecule is COC1=c2sc(C(C)(CS(=O)(=O)N(C)Cc3ccc(OC)cc3)NS(=O)C(C)(C)C)c(F)c2=CCC1. The molecule has 1 aliphatic carbocycles. The van der Waals surface area contributed by atoms with Gasteiger partial charge in [0.15, 0.2) is 0 Å². The Hall–Kier alpha value is -1.79. The number of methoxy groups -OCH3 is 2. The van der Waals surface area contributed by atoms with Gasteiger partial charge in [-0.05, 0) is 51.8 Å². The van der Waals surface area contributed by atoms with Crippen LogP contribution in [0, 0.1) is 5.82 Å². The van der Waals surface area contributed by atoms with Crippen LogP contribution in [0.2, 0.25) is 0 Å². The van der Waals surface area contributed by atoms with Crippen LogP contribution in [0.5, 0.6) is 5.75 Å². The Labute approximate surface area is 219 Å². The van der Waals surface area contributed by atoms with Gasteiger partial charge in [0.2, 0.25) is 10.0 Å². The number of sulfonamides is 1. The van der Waals surface area contributed by atoms with Gasteiger partial charge in [0.05, 0.1) is 50.7 Å². The number of hydrogen-bond donors (Lipinski definition) is 1. The van der Waals surface area contributed by atoms with E-state index in [4.69, 9.17) is 9.47 Å². The standard InChI is InChI=1S/C25H35FN2O5S3/c1-24(2,3)35(29)27-25(4,23-21(26)19-9-8-10-20(33-7)22(19)34-23)16-36(30,31)28(5)15-17-11-13-18(32-6)14-12-17/h9,11-14,27H,8,10,15-16H2,1-7H3. The first-order valence-corrected chi connectivity index (χ1v) is 15.1. The maximum Gasteiger partial charge on any atom is 0.216 e. The lowest BCUT2D eigenvalue weighted by Crippen LogP contribution is -2.51. The molecule has 2 atom stereocenters. The van der Waals surface area contributed by atoms with Gasteiger partial charge in [-0.3, -0.25) is 0 Å². The topological polar surface area (TPSA) is 84.9 Å². The van der Waals surface area contributed by atoms with Crippen LogP contribution in [0.15, 0.2) is 24.3 Å². The fourth-order valence-electron chi connectivity index (χ4n) is 3.88. The van der Waals surface area contributed by atoms with Gasteiger partial charge in [-0.25, -0.2) is 26.0 Å². The molecule has 0 bridgehead atoms. The van der Waals surface area contributed by atoms with Gasteiger partial charge in [-0.2, -0.15) is 0 Å². The molecule has 200 valence electrons. The number of rotatable bonds is 10. The molecule has 2 aromatic rings. The molecule has 36 heavy (non-hydrogen) atoms. The molecular formula is C25H35FN2O5S3. The number of thiophene rings is 1. The van der Waals surface area contributed by atoms with Crippen molar-refractivity contribution in [1.82, 2.24) is 9.03 Å². The van der Waals surface area contributed by atoms with Crippen molar-refractivity contribution in [2.45, 2.75) is 57.4 Å². The highest BCUT2D eigenvalue weighted by Crippen LogP contribution is 2.31. The summed E-state index contributed by atoms with van der Waals surface area (Å²) in [7, 11) is -0.970. The zero-order valence-electron chi connectivity index (χ0n) is 21.8.